The van der Waals surface area contributed by atoms with Crippen LogP contribution >= 0.6 is 0 Å². The van der Waals surface area contributed by atoms with Crippen molar-refractivity contribution in [3.8, 4) is 0 Å². The zero-order chi connectivity index (χ0) is 46.4. The highest BCUT2D eigenvalue weighted by Gasteiger charge is 2.28. The number of nitrogens with zero attached hydrogens (tertiary/aromatic N) is 1. The molecule has 0 aliphatic rings. The Morgan fingerprint density at radius 3 is 1.55 bits per heavy atom. The average molecular weight is 883 g/mol. The molecule has 0 saturated carbocycles. The Morgan fingerprint density at radius 2 is 1.10 bits per heavy atom. The summed E-state index contributed by atoms with van der Waals surface area (Å²) in [6.07, 6.45) is 0.880. The highest BCUT2D eigenvalue weighted by Crippen LogP contribution is 2.20. The summed E-state index contributed by atoms with van der Waals surface area (Å²) >= 11 is 0. The first kappa shape index (κ1) is 56.3. The molecular formula is C45H78N4O13. The molecule has 0 fully saturated rings. The Kier molecular flexibility index (Phi) is 29.1. The van der Waals surface area contributed by atoms with Crippen molar-refractivity contribution < 1.29 is 61.9 Å². The molecular weight excluding hydrogens is 805 g/mol. The highest BCUT2D eigenvalue weighted by atomic mass is 16.6. The van der Waals surface area contributed by atoms with Gasteiger partial charge in [-0.15, -0.1) is 0 Å². The Hall–Kier alpha value is -3.71. The number of ether oxygens (including phenoxy) is 8. The Balaban J connectivity index is 2.42. The predicted octanol–water partition coefficient (Wildman–Crippen LogP) is 4.15. The summed E-state index contributed by atoms with van der Waals surface area (Å²) in [4.78, 5) is 66.4. The highest BCUT2D eigenvalue weighted by molar-refractivity contribution is 5.98. The van der Waals surface area contributed by atoms with Gasteiger partial charge in [0.05, 0.1) is 97.7 Å². The minimum atomic E-state index is -0.905. The third-order valence-electron chi connectivity index (χ3n) is 9.07. The average Bonchev–Trinajstić information content (AvgIpc) is 3.20. The fraction of sp³-hybridized carbons (Fsp3) is 0.756. The fourth-order valence-electron chi connectivity index (χ4n) is 5.18. The number of amides is 4. The number of rotatable bonds is 34. The lowest BCUT2D eigenvalue weighted by atomic mass is 9.92. The zero-order valence-corrected chi connectivity index (χ0v) is 39.2. The van der Waals surface area contributed by atoms with Crippen LogP contribution in [-0.2, 0) is 68.5 Å². The molecule has 0 aromatic heterocycles. The molecule has 4 amide bonds. The second-order valence-electron chi connectivity index (χ2n) is 17.4. The van der Waals surface area contributed by atoms with Crippen molar-refractivity contribution in [2.24, 2.45) is 16.7 Å². The first-order valence-electron chi connectivity index (χ1n) is 21.7. The van der Waals surface area contributed by atoms with Gasteiger partial charge in [-0.1, -0.05) is 46.8 Å². The molecule has 2 atom stereocenters. The standard InChI is InChI=1S/C45H78N4O13/c1-34(2)40(42(53)46-35(3)41(52)47-37-13-11-36(12-14-37)33-62-43(54)45(7,8)9)48-38(50)15-18-49(19-17-44(4,5)6)39(51)16-20-56-23-24-58-27-28-60-31-32-61-30-29-59-26-25-57-22-21-55-10/h11-14,34-35,40H,15-33H2,1-10H3,(H,46,53)(H,47,52)(H,48,50)/t35-,40-/m0/s1. The number of carbonyl (C=O) groups excluding carboxylic acids is 5. The number of anilines is 1. The molecule has 3 N–H and O–H groups in total. The SMILES string of the molecule is COCCOCCOCCOCCOCCOCCOCCC(=O)N(CCC(=O)N[C@H](C(=O)N[C@@H](C)C(=O)Nc1ccc(COC(=O)C(C)(C)C)cc1)C(C)C)CCC(C)(C)C. The van der Waals surface area contributed by atoms with Gasteiger partial charge in [-0.2, -0.15) is 0 Å². The van der Waals surface area contributed by atoms with Gasteiger partial charge < -0.3 is 58.7 Å². The van der Waals surface area contributed by atoms with E-state index in [9.17, 15) is 24.0 Å². The molecule has 0 heterocycles. The molecule has 1 rings (SSSR count). The van der Waals surface area contributed by atoms with Crippen LogP contribution < -0.4 is 16.0 Å². The largest absolute Gasteiger partial charge is 0.460 e. The van der Waals surface area contributed by atoms with E-state index in [1.807, 2.05) is 0 Å². The number of nitrogens with one attached hydrogen (secondary N) is 3. The van der Waals surface area contributed by atoms with Gasteiger partial charge in [0.15, 0.2) is 0 Å². The van der Waals surface area contributed by atoms with Crippen LogP contribution in [0.1, 0.15) is 87.1 Å². The third-order valence-corrected chi connectivity index (χ3v) is 9.07. The van der Waals surface area contributed by atoms with Crippen LogP contribution in [0.3, 0.4) is 0 Å². The summed E-state index contributed by atoms with van der Waals surface area (Å²) in [5.41, 5.74) is 0.628. The van der Waals surface area contributed by atoms with Crippen molar-refractivity contribution in [2.75, 3.05) is 111 Å². The van der Waals surface area contributed by atoms with Crippen LogP contribution in [0.25, 0.3) is 0 Å². The lowest BCUT2D eigenvalue weighted by Crippen LogP contribution is -2.54. The second kappa shape index (κ2) is 32.0. The van der Waals surface area contributed by atoms with Gasteiger partial charge in [0, 0.05) is 32.3 Å². The van der Waals surface area contributed by atoms with Crippen molar-refractivity contribution in [2.45, 2.75) is 100 Å². The summed E-state index contributed by atoms with van der Waals surface area (Å²) in [7, 11) is 1.63. The molecule has 356 valence electrons. The quantitative estimate of drug-likeness (QED) is 0.0660. The van der Waals surface area contributed by atoms with Gasteiger partial charge in [-0.3, -0.25) is 24.0 Å². The maximum atomic E-state index is 13.3. The van der Waals surface area contributed by atoms with Gasteiger partial charge in [0.2, 0.25) is 23.6 Å². The summed E-state index contributed by atoms with van der Waals surface area (Å²) < 4.78 is 43.1. The Labute approximate surface area is 370 Å². The Bertz CT molecular complexity index is 1410. The Morgan fingerprint density at radius 1 is 0.613 bits per heavy atom. The van der Waals surface area contributed by atoms with E-state index in [4.69, 9.17) is 37.9 Å². The molecule has 1 aromatic carbocycles. The van der Waals surface area contributed by atoms with Crippen LogP contribution in [-0.4, -0.2) is 153 Å². The van der Waals surface area contributed by atoms with Crippen LogP contribution in [0.2, 0.25) is 0 Å². The smallest absolute Gasteiger partial charge is 0.311 e. The molecule has 1 aromatic rings. The van der Waals surface area contributed by atoms with Crippen LogP contribution in [0.15, 0.2) is 24.3 Å². The van der Waals surface area contributed by atoms with Crippen molar-refractivity contribution in [3.63, 3.8) is 0 Å². The molecule has 0 bridgehead atoms. The van der Waals surface area contributed by atoms with E-state index >= 15 is 0 Å². The third kappa shape index (κ3) is 28.1. The van der Waals surface area contributed by atoms with Gasteiger partial charge in [0.1, 0.15) is 18.7 Å². The first-order chi connectivity index (χ1) is 29.3. The van der Waals surface area contributed by atoms with E-state index in [0.717, 1.165) is 12.0 Å². The van der Waals surface area contributed by atoms with E-state index in [1.165, 1.54) is 0 Å². The normalized spacial score (nSPS) is 12.8. The topological polar surface area (TPSA) is 199 Å². The van der Waals surface area contributed by atoms with E-state index in [2.05, 4.69) is 36.7 Å². The second-order valence-corrected chi connectivity index (χ2v) is 17.4. The fourth-order valence-corrected chi connectivity index (χ4v) is 5.18. The summed E-state index contributed by atoms with van der Waals surface area (Å²) in [5.74, 6) is -2.05. The number of esters is 1. The predicted molar refractivity (Wildman–Crippen MR) is 235 cm³/mol. The molecule has 0 unspecified atom stereocenters. The maximum Gasteiger partial charge on any atom is 0.311 e. The van der Waals surface area contributed by atoms with Gasteiger partial charge in [0.25, 0.3) is 0 Å². The summed E-state index contributed by atoms with van der Waals surface area (Å²) in [5, 5.41) is 8.27. The maximum absolute atomic E-state index is 13.3. The molecule has 62 heavy (non-hydrogen) atoms. The first-order valence-corrected chi connectivity index (χ1v) is 21.7. The van der Waals surface area contributed by atoms with E-state index in [1.54, 1.807) is 77.8 Å². The molecule has 0 saturated heterocycles. The zero-order valence-electron chi connectivity index (χ0n) is 39.2. The molecule has 17 nitrogen and oxygen atoms in total. The molecule has 0 aliphatic heterocycles. The molecule has 0 spiro atoms. The molecule has 17 heteroatoms. The van der Waals surface area contributed by atoms with Crippen LogP contribution in [0.5, 0.6) is 0 Å². The van der Waals surface area contributed by atoms with Crippen molar-refractivity contribution >= 4 is 35.3 Å². The van der Waals surface area contributed by atoms with Crippen LogP contribution in [0.4, 0.5) is 5.69 Å². The van der Waals surface area contributed by atoms with Gasteiger partial charge in [-0.25, -0.2) is 0 Å². The monoisotopic (exact) mass is 883 g/mol. The van der Waals surface area contributed by atoms with Crippen molar-refractivity contribution in [3.05, 3.63) is 29.8 Å². The van der Waals surface area contributed by atoms with E-state index in [-0.39, 0.29) is 61.7 Å². The van der Waals surface area contributed by atoms with Gasteiger partial charge >= 0.3 is 5.97 Å². The van der Waals surface area contributed by atoms with Crippen LogP contribution in [0, 0.1) is 16.7 Å². The number of carbonyl (C=O) groups is 5. The summed E-state index contributed by atoms with van der Waals surface area (Å²) in [6, 6.07) is 5.05. The lowest BCUT2D eigenvalue weighted by molar-refractivity contribution is -0.154. The van der Waals surface area contributed by atoms with Crippen molar-refractivity contribution in [1.82, 2.24) is 15.5 Å². The lowest BCUT2D eigenvalue weighted by Gasteiger charge is -2.28. The minimum Gasteiger partial charge on any atom is -0.460 e. The number of methoxy groups -OCH3 is 1. The van der Waals surface area contributed by atoms with E-state index < -0.39 is 29.3 Å². The minimum absolute atomic E-state index is 0.00298. The van der Waals surface area contributed by atoms with Crippen molar-refractivity contribution in [1.29, 1.82) is 0 Å². The summed E-state index contributed by atoms with van der Waals surface area (Å²) in [6.45, 7) is 23.2. The number of benzene rings is 1. The molecule has 0 radical (unpaired) electrons. The van der Waals surface area contributed by atoms with Gasteiger partial charge in [-0.05, 0) is 63.1 Å². The van der Waals surface area contributed by atoms with E-state index in [0.29, 0.717) is 91.5 Å². The number of hydrogen-bond acceptors (Lipinski definition) is 13. The number of hydrogen-bond donors (Lipinski definition) is 3. The molecule has 0 aliphatic carbocycles.